The molecule has 190 valence electrons. The first kappa shape index (κ1) is 29.4. The molecule has 0 aliphatic carbocycles. The van der Waals surface area contributed by atoms with E-state index in [1.807, 2.05) is 18.2 Å². The largest absolute Gasteiger partial charge is 0.390 e. The van der Waals surface area contributed by atoms with Crippen molar-refractivity contribution in [1.82, 2.24) is 0 Å². The molecule has 0 heterocycles. The Morgan fingerprint density at radius 2 is 1.44 bits per heavy atom. The summed E-state index contributed by atoms with van der Waals surface area (Å²) in [6, 6.07) is 20.9. The number of allylic oxidation sites excluding steroid dienone is 1. The molecule has 2 nitrogen and oxygen atoms in total. The smallest absolute Gasteiger partial charge is 0.263 e. The molecule has 3 heteroatoms. The minimum Gasteiger partial charge on any atom is -0.390 e. The van der Waals surface area contributed by atoms with Gasteiger partial charge in [-0.2, -0.15) is 0 Å². The fourth-order valence-corrected chi connectivity index (χ4v) is 8.93. The highest BCUT2D eigenvalue weighted by atomic mass is 28.4. The molecule has 0 saturated heterocycles. The third-order valence-electron chi connectivity index (χ3n) is 6.22. The summed E-state index contributed by atoms with van der Waals surface area (Å²) in [6.07, 6.45) is 11.4. The van der Waals surface area contributed by atoms with Gasteiger partial charge in [0.1, 0.15) is 12.2 Å². The summed E-state index contributed by atoms with van der Waals surface area (Å²) in [6.45, 7) is 12.9. The fraction of sp³-hybridized carbons (Fsp3) is 0.394. The van der Waals surface area contributed by atoms with Gasteiger partial charge in [0.15, 0.2) is 0 Å². The SMILES string of the molecule is C=C[C@H](C#CC#C[C@@H](O)/C=C\CCCCCCC)O[Si](c1ccccc1)(c1ccccc1)C(C)(C)C. The van der Waals surface area contributed by atoms with Crippen molar-refractivity contribution in [3.05, 3.63) is 85.5 Å². The summed E-state index contributed by atoms with van der Waals surface area (Å²) >= 11 is 0. The van der Waals surface area contributed by atoms with Crippen LogP contribution < -0.4 is 10.4 Å². The molecule has 0 fully saturated rings. The van der Waals surface area contributed by atoms with E-state index in [0.29, 0.717) is 0 Å². The number of unbranched alkanes of at least 4 members (excludes halogenated alkanes) is 5. The van der Waals surface area contributed by atoms with E-state index in [4.69, 9.17) is 4.43 Å². The lowest BCUT2D eigenvalue weighted by atomic mass is 10.1. The number of aliphatic hydroxyl groups is 1. The topological polar surface area (TPSA) is 29.5 Å². The predicted octanol–water partition coefficient (Wildman–Crippen LogP) is 6.40. The Morgan fingerprint density at radius 1 is 0.889 bits per heavy atom. The van der Waals surface area contributed by atoms with Crippen molar-refractivity contribution in [1.29, 1.82) is 0 Å². The van der Waals surface area contributed by atoms with Crippen LogP contribution in [0.25, 0.3) is 0 Å². The van der Waals surface area contributed by atoms with Crippen molar-refractivity contribution in [2.24, 2.45) is 0 Å². The van der Waals surface area contributed by atoms with Crippen LogP contribution in [0.4, 0.5) is 0 Å². The Labute approximate surface area is 220 Å². The molecule has 0 unspecified atom stereocenters. The van der Waals surface area contributed by atoms with Crippen LogP contribution in [0.2, 0.25) is 5.04 Å². The van der Waals surface area contributed by atoms with Crippen LogP contribution in [-0.2, 0) is 4.43 Å². The van der Waals surface area contributed by atoms with Gasteiger partial charge in [-0.1, -0.05) is 145 Å². The third kappa shape index (κ3) is 8.68. The van der Waals surface area contributed by atoms with E-state index >= 15 is 0 Å². The minimum absolute atomic E-state index is 0.151. The van der Waals surface area contributed by atoms with Gasteiger partial charge >= 0.3 is 0 Å². The Kier molecular flexibility index (Phi) is 12.5. The van der Waals surface area contributed by atoms with Crippen molar-refractivity contribution >= 4 is 18.7 Å². The van der Waals surface area contributed by atoms with Gasteiger partial charge in [-0.25, -0.2) is 0 Å². The van der Waals surface area contributed by atoms with Gasteiger partial charge in [-0.15, -0.1) is 0 Å². The summed E-state index contributed by atoms with van der Waals surface area (Å²) in [7, 11) is -2.73. The van der Waals surface area contributed by atoms with Gasteiger partial charge in [0, 0.05) is 0 Å². The maximum absolute atomic E-state index is 10.1. The normalized spacial score (nSPS) is 13.2. The summed E-state index contributed by atoms with van der Waals surface area (Å²) in [5.41, 5.74) is 0. The maximum atomic E-state index is 10.1. The molecule has 2 aromatic rings. The second-order valence-corrected chi connectivity index (χ2v) is 14.3. The van der Waals surface area contributed by atoms with Crippen LogP contribution >= 0.6 is 0 Å². The first-order chi connectivity index (χ1) is 17.3. The van der Waals surface area contributed by atoms with E-state index in [1.165, 1.54) is 36.1 Å². The standard InChI is InChI=1S/C33H42O2Si/c1-6-8-9-10-11-12-15-22-29(34)23-20-21-24-30(7-2)35-36(33(3,4)5,31-25-16-13-17-26-31)32-27-18-14-19-28-32/h7,13-19,22,25-30,34H,2,6,8-12H2,1,3-5H3/b22-15-/t29-,30+/m0/s1. The molecule has 2 rings (SSSR count). The summed E-state index contributed by atoms with van der Waals surface area (Å²) in [5, 5.41) is 12.4. The zero-order chi connectivity index (χ0) is 26.3. The number of benzene rings is 2. The lowest BCUT2D eigenvalue weighted by Crippen LogP contribution is -2.67. The van der Waals surface area contributed by atoms with Crippen molar-refractivity contribution in [2.75, 3.05) is 0 Å². The average molecular weight is 499 g/mol. The zero-order valence-corrected chi connectivity index (χ0v) is 23.5. The van der Waals surface area contributed by atoms with Crippen molar-refractivity contribution in [2.45, 2.75) is 83.5 Å². The molecular formula is C33H42O2Si. The lowest BCUT2D eigenvalue weighted by Gasteiger charge is -2.44. The average Bonchev–Trinajstić information content (AvgIpc) is 2.88. The van der Waals surface area contributed by atoms with Gasteiger partial charge in [-0.3, -0.25) is 0 Å². The van der Waals surface area contributed by atoms with Gasteiger partial charge in [0.2, 0.25) is 0 Å². The second-order valence-electron chi connectivity index (χ2n) is 10.1. The number of aliphatic hydroxyl groups excluding tert-OH is 1. The van der Waals surface area contributed by atoms with Crippen LogP contribution in [0.5, 0.6) is 0 Å². The van der Waals surface area contributed by atoms with Crippen LogP contribution in [0.3, 0.4) is 0 Å². The van der Waals surface area contributed by atoms with Gasteiger partial charge in [0.05, 0.1) is 0 Å². The molecular weight excluding hydrogens is 456 g/mol. The Bertz CT molecular complexity index is 1020. The fourth-order valence-electron chi connectivity index (χ4n) is 4.37. The molecule has 0 radical (unpaired) electrons. The molecule has 36 heavy (non-hydrogen) atoms. The van der Waals surface area contributed by atoms with Crippen LogP contribution in [0.15, 0.2) is 85.5 Å². The van der Waals surface area contributed by atoms with Crippen LogP contribution in [0, 0.1) is 23.7 Å². The molecule has 0 aliphatic rings. The third-order valence-corrected chi connectivity index (χ3v) is 11.2. The lowest BCUT2D eigenvalue weighted by molar-refractivity contribution is 0.280. The van der Waals surface area contributed by atoms with Gasteiger partial charge in [0.25, 0.3) is 8.32 Å². The summed E-state index contributed by atoms with van der Waals surface area (Å²) in [4.78, 5) is 0. The van der Waals surface area contributed by atoms with E-state index in [1.54, 1.807) is 12.2 Å². The molecule has 0 spiro atoms. The van der Waals surface area contributed by atoms with E-state index in [0.717, 1.165) is 12.8 Å². The highest BCUT2D eigenvalue weighted by Gasteiger charge is 2.51. The Morgan fingerprint density at radius 3 is 1.97 bits per heavy atom. The highest BCUT2D eigenvalue weighted by molar-refractivity contribution is 6.99. The summed E-state index contributed by atoms with van der Waals surface area (Å²) in [5.74, 6) is 11.6. The molecule has 0 aromatic heterocycles. The van der Waals surface area contributed by atoms with Crippen molar-refractivity contribution in [3.8, 4) is 23.7 Å². The molecule has 2 atom stereocenters. The molecule has 2 aromatic carbocycles. The maximum Gasteiger partial charge on any atom is 0.263 e. The van der Waals surface area contributed by atoms with Gasteiger partial charge < -0.3 is 9.53 Å². The highest BCUT2D eigenvalue weighted by Crippen LogP contribution is 2.37. The second kappa shape index (κ2) is 15.3. The number of hydrogen-bond acceptors (Lipinski definition) is 2. The molecule has 1 N–H and O–H groups in total. The number of hydrogen-bond donors (Lipinski definition) is 1. The van der Waals surface area contributed by atoms with E-state index < -0.39 is 20.5 Å². The summed E-state index contributed by atoms with van der Waals surface area (Å²) < 4.78 is 6.95. The van der Waals surface area contributed by atoms with E-state index in [-0.39, 0.29) is 5.04 Å². The van der Waals surface area contributed by atoms with Crippen molar-refractivity contribution < 1.29 is 9.53 Å². The molecule has 0 aliphatic heterocycles. The molecule has 0 saturated carbocycles. The number of rotatable bonds is 12. The Balaban J connectivity index is 2.20. The quantitative estimate of drug-likeness (QED) is 0.159. The van der Waals surface area contributed by atoms with Crippen molar-refractivity contribution in [3.63, 3.8) is 0 Å². The first-order valence-corrected chi connectivity index (χ1v) is 15.0. The predicted molar refractivity (Wildman–Crippen MR) is 157 cm³/mol. The minimum atomic E-state index is -2.73. The molecule has 0 bridgehead atoms. The zero-order valence-electron chi connectivity index (χ0n) is 22.5. The van der Waals surface area contributed by atoms with E-state index in [9.17, 15) is 5.11 Å². The Hall–Kier alpha value is -2.82. The van der Waals surface area contributed by atoms with Crippen LogP contribution in [-0.4, -0.2) is 25.6 Å². The molecule has 0 amide bonds. The first-order valence-electron chi connectivity index (χ1n) is 13.1. The van der Waals surface area contributed by atoms with E-state index in [2.05, 4.69) is 106 Å². The van der Waals surface area contributed by atoms with Gasteiger partial charge in [-0.05, 0) is 46.2 Å². The van der Waals surface area contributed by atoms with Crippen LogP contribution in [0.1, 0.15) is 66.2 Å². The monoisotopic (exact) mass is 498 g/mol.